The maximum atomic E-state index is 12.8. The Morgan fingerprint density at radius 2 is 1.60 bits per heavy atom. The van der Waals surface area contributed by atoms with Gasteiger partial charge in [-0.3, -0.25) is 9.89 Å². The number of nitrogens with zero attached hydrogens (tertiary/aromatic N) is 2. The molecule has 1 aliphatic carbocycles. The van der Waals surface area contributed by atoms with Crippen LogP contribution in [0.4, 0.5) is 0 Å². The van der Waals surface area contributed by atoms with Gasteiger partial charge in [0.25, 0.3) is 5.91 Å². The van der Waals surface area contributed by atoms with Crippen LogP contribution in [-0.4, -0.2) is 21.8 Å². The highest BCUT2D eigenvalue weighted by Crippen LogP contribution is 2.36. The van der Waals surface area contributed by atoms with E-state index in [1.54, 1.807) is 6.07 Å². The van der Waals surface area contributed by atoms with E-state index >= 15 is 0 Å². The van der Waals surface area contributed by atoms with Crippen molar-refractivity contribution in [3.63, 3.8) is 0 Å². The van der Waals surface area contributed by atoms with Crippen molar-refractivity contribution in [3.8, 4) is 22.4 Å². The molecule has 35 heavy (non-hydrogen) atoms. The quantitative estimate of drug-likeness (QED) is 0.246. The highest BCUT2D eigenvalue weighted by atomic mass is 16.2. The van der Waals surface area contributed by atoms with Crippen molar-refractivity contribution in [2.24, 2.45) is 5.10 Å². The first-order chi connectivity index (χ1) is 17.2. The molecule has 1 aromatic heterocycles. The number of amides is 1. The van der Waals surface area contributed by atoms with E-state index in [-0.39, 0.29) is 5.91 Å². The lowest BCUT2D eigenvalue weighted by Gasteiger charge is -2.06. The number of hydrazone groups is 1. The lowest BCUT2D eigenvalue weighted by Crippen LogP contribution is -2.19. The number of aromatic amines is 1. The Morgan fingerprint density at radius 3 is 2.40 bits per heavy atom. The van der Waals surface area contributed by atoms with Crippen LogP contribution in [-0.2, 0) is 12.8 Å². The van der Waals surface area contributed by atoms with Crippen LogP contribution in [0.5, 0.6) is 0 Å². The lowest BCUT2D eigenvalue weighted by atomic mass is 9.98. The van der Waals surface area contributed by atoms with Crippen LogP contribution >= 0.6 is 0 Å². The molecule has 1 amide bonds. The molecule has 5 aromatic rings. The minimum Gasteiger partial charge on any atom is -0.272 e. The number of benzene rings is 4. The molecular formula is C30H24N4O. The molecule has 0 fully saturated rings. The Labute approximate surface area is 203 Å². The Morgan fingerprint density at radius 1 is 0.857 bits per heavy atom. The maximum absolute atomic E-state index is 12.8. The van der Waals surface area contributed by atoms with E-state index in [0.29, 0.717) is 5.69 Å². The lowest BCUT2D eigenvalue weighted by molar-refractivity contribution is 0.0950. The summed E-state index contributed by atoms with van der Waals surface area (Å²) < 4.78 is 0. The second-order valence-electron chi connectivity index (χ2n) is 8.86. The first-order valence-corrected chi connectivity index (χ1v) is 11.8. The minimum absolute atomic E-state index is 0.324. The summed E-state index contributed by atoms with van der Waals surface area (Å²) in [7, 11) is 0. The predicted molar refractivity (Wildman–Crippen MR) is 140 cm³/mol. The molecule has 0 atom stereocenters. The van der Waals surface area contributed by atoms with Crippen molar-refractivity contribution >= 4 is 22.4 Å². The summed E-state index contributed by atoms with van der Waals surface area (Å²) in [5, 5.41) is 14.1. The average molecular weight is 457 g/mol. The SMILES string of the molecule is CC(=NNC(=O)c1cc(-c2ccc3c4c(cccc24)CC3)n[nH]1)c1ccc(-c2ccccc2)cc1. The fourth-order valence-electron chi connectivity index (χ4n) is 4.84. The summed E-state index contributed by atoms with van der Waals surface area (Å²) >= 11 is 0. The molecule has 0 bridgehead atoms. The first kappa shape index (κ1) is 21.1. The molecular weight excluding hydrogens is 432 g/mol. The topological polar surface area (TPSA) is 70.1 Å². The van der Waals surface area contributed by atoms with Crippen molar-refractivity contribution in [3.05, 3.63) is 113 Å². The van der Waals surface area contributed by atoms with Gasteiger partial charge in [0.05, 0.1) is 11.4 Å². The van der Waals surface area contributed by atoms with Gasteiger partial charge in [-0.15, -0.1) is 0 Å². The molecule has 6 rings (SSSR count). The molecule has 2 N–H and O–H groups in total. The Balaban J connectivity index is 1.19. The van der Waals surface area contributed by atoms with E-state index in [9.17, 15) is 4.79 Å². The largest absolute Gasteiger partial charge is 0.289 e. The number of hydrogen-bond donors (Lipinski definition) is 2. The van der Waals surface area contributed by atoms with Crippen LogP contribution in [0.3, 0.4) is 0 Å². The standard InChI is InChI=1S/C30H24N4O/c1-19(20-10-12-22(13-11-20)21-6-3-2-4-7-21)31-34-30(35)28-18-27(32-33-28)25-17-16-24-15-14-23-8-5-9-26(25)29(23)24/h2-13,16-18H,14-15H2,1H3,(H,32,33)(H,34,35). The van der Waals surface area contributed by atoms with Gasteiger partial charge in [-0.05, 0) is 64.4 Å². The van der Waals surface area contributed by atoms with Gasteiger partial charge in [-0.2, -0.15) is 10.2 Å². The summed E-state index contributed by atoms with van der Waals surface area (Å²) in [5.41, 5.74) is 11.6. The number of carbonyl (C=O) groups is 1. The van der Waals surface area contributed by atoms with Gasteiger partial charge in [0, 0.05) is 5.56 Å². The smallest absolute Gasteiger partial charge is 0.272 e. The van der Waals surface area contributed by atoms with E-state index in [1.165, 1.54) is 21.9 Å². The predicted octanol–water partition coefficient (Wildman–Crippen LogP) is 6.15. The van der Waals surface area contributed by atoms with Crippen LogP contribution in [0.25, 0.3) is 33.2 Å². The van der Waals surface area contributed by atoms with Crippen molar-refractivity contribution in [1.82, 2.24) is 15.6 Å². The van der Waals surface area contributed by atoms with E-state index in [0.717, 1.165) is 46.5 Å². The molecule has 4 aromatic carbocycles. The first-order valence-electron chi connectivity index (χ1n) is 11.8. The molecule has 0 spiro atoms. The Kier molecular flexibility index (Phi) is 5.23. The molecule has 170 valence electrons. The second kappa shape index (κ2) is 8.69. The monoisotopic (exact) mass is 456 g/mol. The molecule has 0 unspecified atom stereocenters. The van der Waals surface area contributed by atoms with E-state index in [1.807, 2.05) is 37.3 Å². The fourth-order valence-corrected chi connectivity index (χ4v) is 4.84. The van der Waals surface area contributed by atoms with Gasteiger partial charge in [0.1, 0.15) is 5.69 Å². The summed E-state index contributed by atoms with van der Waals surface area (Å²) in [6, 6.07) is 30.9. The third-order valence-electron chi connectivity index (χ3n) is 6.71. The van der Waals surface area contributed by atoms with Crippen LogP contribution < -0.4 is 5.43 Å². The number of aromatic nitrogens is 2. The molecule has 5 nitrogen and oxygen atoms in total. The molecule has 1 heterocycles. The molecule has 0 aliphatic heterocycles. The van der Waals surface area contributed by atoms with Gasteiger partial charge < -0.3 is 0 Å². The minimum atomic E-state index is -0.324. The van der Waals surface area contributed by atoms with Crippen molar-refractivity contribution in [2.75, 3.05) is 0 Å². The van der Waals surface area contributed by atoms with Crippen molar-refractivity contribution in [1.29, 1.82) is 0 Å². The Hall–Kier alpha value is -4.51. The summed E-state index contributed by atoms with van der Waals surface area (Å²) in [5.74, 6) is -0.324. The number of aryl methyl sites for hydroxylation is 2. The van der Waals surface area contributed by atoms with E-state index < -0.39 is 0 Å². The van der Waals surface area contributed by atoms with Crippen LogP contribution in [0.2, 0.25) is 0 Å². The zero-order chi connectivity index (χ0) is 23.8. The highest BCUT2D eigenvalue weighted by Gasteiger charge is 2.18. The molecule has 0 saturated heterocycles. The van der Waals surface area contributed by atoms with Crippen LogP contribution in [0, 0.1) is 0 Å². The highest BCUT2D eigenvalue weighted by molar-refractivity contribution is 6.03. The number of rotatable bonds is 5. The maximum Gasteiger partial charge on any atom is 0.289 e. The number of carbonyl (C=O) groups excluding carboxylic acids is 1. The van der Waals surface area contributed by atoms with Gasteiger partial charge in [-0.25, -0.2) is 5.43 Å². The Bertz CT molecular complexity index is 1570. The molecule has 5 heteroatoms. The zero-order valence-electron chi connectivity index (χ0n) is 19.4. The molecule has 1 aliphatic rings. The third-order valence-corrected chi connectivity index (χ3v) is 6.71. The number of hydrogen-bond acceptors (Lipinski definition) is 3. The summed E-state index contributed by atoms with van der Waals surface area (Å²) in [6.45, 7) is 1.88. The van der Waals surface area contributed by atoms with Gasteiger partial charge >= 0.3 is 0 Å². The molecule has 0 saturated carbocycles. The number of nitrogens with one attached hydrogen (secondary N) is 2. The molecule has 0 radical (unpaired) electrons. The zero-order valence-corrected chi connectivity index (χ0v) is 19.4. The normalized spacial score (nSPS) is 12.8. The fraction of sp³-hybridized carbons (Fsp3) is 0.100. The van der Waals surface area contributed by atoms with Gasteiger partial charge in [-0.1, -0.05) is 84.9 Å². The summed E-state index contributed by atoms with van der Waals surface area (Å²) in [4.78, 5) is 12.8. The van der Waals surface area contributed by atoms with E-state index in [4.69, 9.17) is 0 Å². The van der Waals surface area contributed by atoms with Crippen LogP contribution in [0.15, 0.2) is 96.1 Å². The summed E-state index contributed by atoms with van der Waals surface area (Å²) in [6.07, 6.45) is 2.16. The third kappa shape index (κ3) is 3.91. The van der Waals surface area contributed by atoms with Crippen molar-refractivity contribution < 1.29 is 4.79 Å². The van der Waals surface area contributed by atoms with Gasteiger partial charge in [0.15, 0.2) is 0 Å². The second-order valence-corrected chi connectivity index (χ2v) is 8.86. The van der Waals surface area contributed by atoms with Gasteiger partial charge in [0.2, 0.25) is 0 Å². The van der Waals surface area contributed by atoms with E-state index in [2.05, 4.69) is 75.3 Å². The van der Waals surface area contributed by atoms with Crippen LogP contribution in [0.1, 0.15) is 34.1 Å². The number of H-pyrrole nitrogens is 1. The van der Waals surface area contributed by atoms with Crippen molar-refractivity contribution in [2.45, 2.75) is 19.8 Å². The average Bonchev–Trinajstić information content (AvgIpc) is 3.57.